The third-order valence-corrected chi connectivity index (χ3v) is 3.42. The second-order valence-electron chi connectivity index (χ2n) is 4.94. The molecule has 1 atom stereocenters. The summed E-state index contributed by atoms with van der Waals surface area (Å²) in [5.74, 6) is -0.242. The molecule has 0 radical (unpaired) electrons. The van der Waals surface area contributed by atoms with Gasteiger partial charge in [-0.25, -0.2) is 4.98 Å². The van der Waals surface area contributed by atoms with Gasteiger partial charge < -0.3 is 5.11 Å². The molecule has 0 bridgehead atoms. The van der Waals surface area contributed by atoms with Crippen molar-refractivity contribution in [3.05, 3.63) is 53.1 Å². The molecule has 1 heterocycles. The Morgan fingerprint density at radius 1 is 1.48 bits per heavy atom. The van der Waals surface area contributed by atoms with Gasteiger partial charge in [0.2, 0.25) is 0 Å². The van der Waals surface area contributed by atoms with Crippen molar-refractivity contribution in [2.45, 2.75) is 32.2 Å². The normalized spacial score (nSPS) is 12.2. The SMILES string of the molecule is C=CC(C)n1c(CCCC(=O)O)nc2ccccc2c1=O. The van der Waals surface area contributed by atoms with E-state index in [-0.39, 0.29) is 18.0 Å². The first kappa shape index (κ1) is 15.0. The van der Waals surface area contributed by atoms with Crippen LogP contribution >= 0.6 is 0 Å². The molecule has 1 aromatic carbocycles. The maximum absolute atomic E-state index is 12.6. The number of para-hydroxylation sites is 1. The minimum atomic E-state index is -0.846. The van der Waals surface area contributed by atoms with Crippen LogP contribution in [0.3, 0.4) is 0 Å². The van der Waals surface area contributed by atoms with Gasteiger partial charge in [0, 0.05) is 12.8 Å². The van der Waals surface area contributed by atoms with Crippen molar-refractivity contribution < 1.29 is 9.90 Å². The summed E-state index contributed by atoms with van der Waals surface area (Å²) in [6.07, 6.45) is 2.64. The van der Waals surface area contributed by atoms with Crippen molar-refractivity contribution in [3.63, 3.8) is 0 Å². The molecule has 0 fully saturated rings. The van der Waals surface area contributed by atoms with Crippen LogP contribution in [-0.2, 0) is 11.2 Å². The third kappa shape index (κ3) is 3.18. The fraction of sp³-hybridized carbons (Fsp3) is 0.312. The van der Waals surface area contributed by atoms with Crippen LogP contribution in [0.2, 0.25) is 0 Å². The van der Waals surface area contributed by atoms with Crippen molar-refractivity contribution in [3.8, 4) is 0 Å². The zero-order chi connectivity index (χ0) is 15.4. The molecule has 0 saturated carbocycles. The Kier molecular flexibility index (Phi) is 4.52. The number of allylic oxidation sites excluding steroid dienone is 1. The average Bonchev–Trinajstić information content (AvgIpc) is 2.46. The highest BCUT2D eigenvalue weighted by atomic mass is 16.4. The lowest BCUT2D eigenvalue weighted by Crippen LogP contribution is -2.27. The van der Waals surface area contributed by atoms with Gasteiger partial charge in [-0.2, -0.15) is 0 Å². The number of hydrogen-bond acceptors (Lipinski definition) is 3. The molecule has 5 heteroatoms. The van der Waals surface area contributed by atoms with Crippen LogP contribution in [-0.4, -0.2) is 20.6 Å². The molecule has 21 heavy (non-hydrogen) atoms. The van der Waals surface area contributed by atoms with Crippen LogP contribution in [0.1, 0.15) is 31.6 Å². The number of aromatic nitrogens is 2. The molecule has 2 rings (SSSR count). The highest BCUT2D eigenvalue weighted by Crippen LogP contribution is 2.14. The van der Waals surface area contributed by atoms with E-state index in [1.807, 2.05) is 13.0 Å². The summed E-state index contributed by atoms with van der Waals surface area (Å²) in [6, 6.07) is 6.99. The Hall–Kier alpha value is -2.43. The lowest BCUT2D eigenvalue weighted by molar-refractivity contribution is -0.137. The number of carboxylic acid groups (broad SMARTS) is 1. The fourth-order valence-electron chi connectivity index (χ4n) is 2.29. The smallest absolute Gasteiger partial charge is 0.303 e. The first-order chi connectivity index (χ1) is 10.0. The Bertz CT molecular complexity index is 734. The van der Waals surface area contributed by atoms with Crippen LogP contribution < -0.4 is 5.56 Å². The number of aliphatic carboxylic acids is 1. The van der Waals surface area contributed by atoms with Crippen LogP contribution in [0.15, 0.2) is 41.7 Å². The van der Waals surface area contributed by atoms with Gasteiger partial charge in [-0.05, 0) is 25.5 Å². The third-order valence-electron chi connectivity index (χ3n) is 3.42. The number of benzene rings is 1. The van der Waals surface area contributed by atoms with Crippen molar-refractivity contribution in [1.82, 2.24) is 9.55 Å². The van der Waals surface area contributed by atoms with Crippen molar-refractivity contribution in [2.75, 3.05) is 0 Å². The molecular weight excluding hydrogens is 268 g/mol. The number of rotatable bonds is 6. The second kappa shape index (κ2) is 6.35. The van der Waals surface area contributed by atoms with E-state index in [1.54, 1.807) is 28.8 Å². The number of fused-ring (bicyclic) bond motifs is 1. The largest absolute Gasteiger partial charge is 0.481 e. The molecule has 0 amide bonds. The number of carbonyl (C=O) groups is 1. The highest BCUT2D eigenvalue weighted by molar-refractivity contribution is 5.77. The molecule has 0 aliphatic carbocycles. The van der Waals surface area contributed by atoms with Crippen molar-refractivity contribution >= 4 is 16.9 Å². The van der Waals surface area contributed by atoms with Crippen LogP contribution in [0.4, 0.5) is 0 Å². The number of hydrogen-bond donors (Lipinski definition) is 1. The van der Waals surface area contributed by atoms with Crippen LogP contribution in [0.5, 0.6) is 0 Å². The molecule has 110 valence electrons. The second-order valence-corrected chi connectivity index (χ2v) is 4.94. The van der Waals surface area contributed by atoms with E-state index < -0.39 is 5.97 Å². The summed E-state index contributed by atoms with van der Waals surface area (Å²) in [6.45, 7) is 5.59. The molecule has 1 aromatic heterocycles. The summed E-state index contributed by atoms with van der Waals surface area (Å²) >= 11 is 0. The number of carboxylic acids is 1. The molecule has 0 spiro atoms. The van der Waals surface area contributed by atoms with Crippen molar-refractivity contribution in [2.24, 2.45) is 0 Å². The van der Waals surface area contributed by atoms with E-state index in [4.69, 9.17) is 5.11 Å². The predicted octanol–water partition coefficient (Wildman–Crippen LogP) is 2.55. The summed E-state index contributed by atoms with van der Waals surface area (Å²) in [7, 11) is 0. The van der Waals surface area contributed by atoms with Gasteiger partial charge in [0.15, 0.2) is 0 Å². The molecule has 2 aromatic rings. The van der Waals surface area contributed by atoms with Crippen molar-refractivity contribution in [1.29, 1.82) is 0 Å². The van der Waals surface area contributed by atoms with Gasteiger partial charge >= 0.3 is 5.97 Å². The Balaban J connectivity index is 2.52. The average molecular weight is 286 g/mol. The van der Waals surface area contributed by atoms with E-state index in [2.05, 4.69) is 11.6 Å². The molecule has 1 N–H and O–H groups in total. The number of aryl methyl sites for hydroxylation is 1. The zero-order valence-electron chi connectivity index (χ0n) is 12.0. The first-order valence-electron chi connectivity index (χ1n) is 6.89. The molecule has 0 aliphatic rings. The highest BCUT2D eigenvalue weighted by Gasteiger charge is 2.14. The summed E-state index contributed by atoms with van der Waals surface area (Å²) < 4.78 is 1.59. The molecule has 0 aliphatic heterocycles. The van der Waals surface area contributed by atoms with Crippen LogP contribution in [0, 0.1) is 0 Å². The van der Waals surface area contributed by atoms with Gasteiger partial charge in [0.25, 0.3) is 5.56 Å². The molecular formula is C16H18N2O3. The summed E-state index contributed by atoms with van der Waals surface area (Å²) in [5, 5.41) is 9.30. The lowest BCUT2D eigenvalue weighted by Gasteiger charge is -2.17. The Labute approximate surface area is 122 Å². The number of nitrogens with zero attached hydrogens (tertiary/aromatic N) is 2. The Morgan fingerprint density at radius 3 is 2.86 bits per heavy atom. The topological polar surface area (TPSA) is 72.2 Å². The van der Waals surface area contributed by atoms with Gasteiger partial charge in [-0.3, -0.25) is 14.2 Å². The standard InChI is InChI=1S/C16H18N2O3/c1-3-11(2)18-14(9-6-10-15(19)20)17-13-8-5-4-7-12(13)16(18)21/h3-5,7-8,11H,1,6,9-10H2,2H3,(H,19,20). The molecule has 0 saturated heterocycles. The maximum Gasteiger partial charge on any atom is 0.303 e. The summed E-state index contributed by atoms with van der Waals surface area (Å²) in [5.41, 5.74) is 0.527. The van der Waals surface area contributed by atoms with Gasteiger partial charge in [0.1, 0.15) is 5.82 Å². The van der Waals surface area contributed by atoms with E-state index in [0.717, 1.165) is 0 Å². The Morgan fingerprint density at radius 2 is 2.19 bits per heavy atom. The quantitative estimate of drug-likeness (QED) is 0.828. The fourth-order valence-corrected chi connectivity index (χ4v) is 2.29. The predicted molar refractivity (Wildman–Crippen MR) is 81.5 cm³/mol. The molecule has 1 unspecified atom stereocenters. The van der Waals surface area contributed by atoms with Crippen LogP contribution in [0.25, 0.3) is 10.9 Å². The van der Waals surface area contributed by atoms with E-state index in [1.165, 1.54) is 0 Å². The monoisotopic (exact) mass is 286 g/mol. The van der Waals surface area contributed by atoms with Gasteiger partial charge in [0.05, 0.1) is 16.9 Å². The minimum Gasteiger partial charge on any atom is -0.481 e. The molecule has 5 nitrogen and oxygen atoms in total. The van der Waals surface area contributed by atoms with E-state index >= 15 is 0 Å². The van der Waals surface area contributed by atoms with Gasteiger partial charge in [-0.1, -0.05) is 18.2 Å². The first-order valence-corrected chi connectivity index (χ1v) is 6.89. The van der Waals surface area contributed by atoms with Gasteiger partial charge in [-0.15, -0.1) is 6.58 Å². The lowest BCUT2D eigenvalue weighted by atomic mass is 10.1. The minimum absolute atomic E-state index is 0.0607. The summed E-state index contributed by atoms with van der Waals surface area (Å²) in [4.78, 5) is 27.8. The van der Waals surface area contributed by atoms with E-state index in [9.17, 15) is 9.59 Å². The van der Waals surface area contributed by atoms with E-state index in [0.29, 0.717) is 29.6 Å². The maximum atomic E-state index is 12.6. The zero-order valence-corrected chi connectivity index (χ0v) is 12.0.